The second-order valence-electron chi connectivity index (χ2n) is 7.12. The summed E-state index contributed by atoms with van der Waals surface area (Å²) < 4.78 is 9.17. The zero-order valence-corrected chi connectivity index (χ0v) is 16.8. The maximum Gasteiger partial charge on any atom is 0.255 e. The van der Waals surface area contributed by atoms with E-state index in [-0.39, 0.29) is 5.91 Å². The molecule has 0 aliphatic rings. The number of benzene rings is 2. The molecule has 0 atom stereocenters. The lowest BCUT2D eigenvalue weighted by molar-refractivity contribution is 0.102. The van der Waals surface area contributed by atoms with E-state index in [9.17, 15) is 4.79 Å². The lowest BCUT2D eigenvalue weighted by Crippen LogP contribution is -2.12. The summed E-state index contributed by atoms with van der Waals surface area (Å²) >= 11 is 0. The largest absolute Gasteiger partial charge is 0.383 e. The number of aromatic nitrogens is 3. The molecule has 6 nitrogen and oxygen atoms in total. The van der Waals surface area contributed by atoms with Gasteiger partial charge in [-0.2, -0.15) is 5.10 Å². The number of carbonyl (C=O) groups is 1. The van der Waals surface area contributed by atoms with Crippen molar-refractivity contribution >= 4 is 22.5 Å². The second kappa shape index (κ2) is 7.93. The molecule has 0 aliphatic heterocycles. The molecule has 1 N–H and O–H groups in total. The van der Waals surface area contributed by atoms with Crippen LogP contribution in [0.25, 0.3) is 16.6 Å². The molecule has 0 unspecified atom stereocenters. The third kappa shape index (κ3) is 3.93. The van der Waals surface area contributed by atoms with Crippen molar-refractivity contribution < 1.29 is 9.53 Å². The van der Waals surface area contributed by atoms with E-state index in [1.165, 1.54) is 0 Å². The number of methoxy groups -OCH3 is 1. The van der Waals surface area contributed by atoms with Crippen molar-refractivity contribution in [1.82, 2.24) is 14.3 Å². The monoisotopic (exact) mass is 388 g/mol. The molecule has 1 amide bonds. The highest BCUT2D eigenvalue weighted by Crippen LogP contribution is 2.21. The highest BCUT2D eigenvalue weighted by molar-refractivity contribution is 6.05. The molecular formula is C23H24N4O2. The molecule has 0 saturated carbocycles. The lowest BCUT2D eigenvalue weighted by atomic mass is 10.1. The van der Waals surface area contributed by atoms with Gasteiger partial charge in [0.05, 0.1) is 18.0 Å². The molecule has 4 rings (SSSR count). The van der Waals surface area contributed by atoms with Gasteiger partial charge in [-0.15, -0.1) is 0 Å². The molecule has 0 saturated heterocycles. The third-order valence-corrected chi connectivity index (χ3v) is 4.95. The molecule has 0 bridgehead atoms. The number of hydrogen-bond donors (Lipinski definition) is 1. The van der Waals surface area contributed by atoms with Crippen molar-refractivity contribution in [3.8, 4) is 5.69 Å². The van der Waals surface area contributed by atoms with E-state index in [0.29, 0.717) is 12.2 Å². The van der Waals surface area contributed by atoms with Crippen LogP contribution in [0, 0.1) is 13.8 Å². The number of aryl methyl sites for hydroxylation is 2. The standard InChI is InChI=1S/C23H24N4O2/c1-16-14-17(2)27(25-16)21-7-4-18(5-8-21)23(28)24-20-6-9-22-19(15-20)10-11-26(22)12-13-29-3/h4-11,14-15H,12-13H2,1-3H3,(H,24,28). The minimum absolute atomic E-state index is 0.136. The number of rotatable bonds is 6. The number of nitrogens with one attached hydrogen (secondary N) is 1. The van der Waals surface area contributed by atoms with Gasteiger partial charge >= 0.3 is 0 Å². The van der Waals surface area contributed by atoms with Crippen LogP contribution in [0.4, 0.5) is 5.69 Å². The van der Waals surface area contributed by atoms with Crippen LogP contribution in [0.2, 0.25) is 0 Å². The lowest BCUT2D eigenvalue weighted by Gasteiger charge is -2.09. The summed E-state index contributed by atoms with van der Waals surface area (Å²) in [5.74, 6) is -0.136. The molecule has 29 heavy (non-hydrogen) atoms. The van der Waals surface area contributed by atoms with E-state index >= 15 is 0 Å². The molecule has 0 radical (unpaired) electrons. The average molecular weight is 388 g/mol. The van der Waals surface area contributed by atoms with Crippen LogP contribution in [0.15, 0.2) is 60.8 Å². The fraction of sp³-hybridized carbons (Fsp3) is 0.217. The van der Waals surface area contributed by atoms with Gasteiger partial charge in [-0.05, 0) is 68.4 Å². The van der Waals surface area contributed by atoms with Gasteiger partial charge in [0.15, 0.2) is 0 Å². The molecule has 0 fully saturated rings. The average Bonchev–Trinajstić information content (AvgIpc) is 3.28. The van der Waals surface area contributed by atoms with Gasteiger partial charge < -0.3 is 14.6 Å². The molecule has 2 aromatic heterocycles. The Balaban J connectivity index is 1.49. The summed E-state index contributed by atoms with van der Waals surface area (Å²) in [7, 11) is 1.70. The van der Waals surface area contributed by atoms with Crippen molar-refractivity contribution in [2.45, 2.75) is 20.4 Å². The summed E-state index contributed by atoms with van der Waals surface area (Å²) in [6, 6.07) is 17.5. The smallest absolute Gasteiger partial charge is 0.255 e. The van der Waals surface area contributed by atoms with E-state index in [1.54, 1.807) is 7.11 Å². The molecule has 148 valence electrons. The minimum Gasteiger partial charge on any atom is -0.383 e. The fourth-order valence-electron chi connectivity index (χ4n) is 3.51. The first-order valence-electron chi connectivity index (χ1n) is 9.58. The van der Waals surface area contributed by atoms with Gasteiger partial charge in [-0.3, -0.25) is 4.79 Å². The Morgan fingerprint density at radius 3 is 2.55 bits per heavy atom. The van der Waals surface area contributed by atoms with Crippen LogP contribution in [-0.4, -0.2) is 34.0 Å². The Labute approximate surface area is 169 Å². The van der Waals surface area contributed by atoms with E-state index < -0.39 is 0 Å². The summed E-state index contributed by atoms with van der Waals surface area (Å²) in [6.07, 6.45) is 2.03. The number of hydrogen-bond acceptors (Lipinski definition) is 3. The zero-order chi connectivity index (χ0) is 20.4. The van der Waals surface area contributed by atoms with Crippen LogP contribution < -0.4 is 5.32 Å². The Bertz CT molecular complexity index is 1160. The summed E-state index contributed by atoms with van der Waals surface area (Å²) in [6.45, 7) is 5.44. The quantitative estimate of drug-likeness (QED) is 0.534. The zero-order valence-electron chi connectivity index (χ0n) is 16.8. The van der Waals surface area contributed by atoms with Crippen molar-refractivity contribution in [1.29, 1.82) is 0 Å². The number of fused-ring (bicyclic) bond motifs is 1. The predicted molar refractivity (Wildman–Crippen MR) is 115 cm³/mol. The number of carbonyl (C=O) groups excluding carboxylic acids is 1. The maximum atomic E-state index is 12.7. The molecule has 4 aromatic rings. The first kappa shape index (κ1) is 19.0. The van der Waals surface area contributed by atoms with Crippen molar-refractivity contribution in [2.75, 3.05) is 19.0 Å². The third-order valence-electron chi connectivity index (χ3n) is 4.95. The molecular weight excluding hydrogens is 364 g/mol. The highest BCUT2D eigenvalue weighted by atomic mass is 16.5. The topological polar surface area (TPSA) is 61.1 Å². The van der Waals surface area contributed by atoms with E-state index in [1.807, 2.05) is 79.3 Å². The summed E-state index contributed by atoms with van der Waals surface area (Å²) in [5.41, 5.74) is 5.46. The van der Waals surface area contributed by atoms with Gasteiger partial charge in [0.25, 0.3) is 5.91 Å². The van der Waals surface area contributed by atoms with Gasteiger partial charge in [0, 0.05) is 47.7 Å². The van der Waals surface area contributed by atoms with Crippen molar-refractivity contribution in [2.24, 2.45) is 0 Å². The van der Waals surface area contributed by atoms with E-state index in [2.05, 4.69) is 15.0 Å². The minimum atomic E-state index is -0.136. The first-order chi connectivity index (χ1) is 14.0. The van der Waals surface area contributed by atoms with Crippen molar-refractivity contribution in [3.05, 3.63) is 77.7 Å². The molecule has 0 spiro atoms. The van der Waals surface area contributed by atoms with Crippen LogP contribution in [0.5, 0.6) is 0 Å². The van der Waals surface area contributed by atoms with Gasteiger partial charge in [-0.25, -0.2) is 4.68 Å². The molecule has 2 aromatic carbocycles. The van der Waals surface area contributed by atoms with Gasteiger partial charge in [0.1, 0.15) is 0 Å². The maximum absolute atomic E-state index is 12.7. The van der Waals surface area contributed by atoms with Gasteiger partial charge in [-0.1, -0.05) is 0 Å². The van der Waals surface area contributed by atoms with Crippen LogP contribution in [-0.2, 0) is 11.3 Å². The Morgan fingerprint density at radius 2 is 1.86 bits per heavy atom. The van der Waals surface area contributed by atoms with Crippen LogP contribution >= 0.6 is 0 Å². The Kier molecular flexibility index (Phi) is 5.18. The Morgan fingerprint density at radius 1 is 1.07 bits per heavy atom. The van der Waals surface area contributed by atoms with Gasteiger partial charge in [0.2, 0.25) is 0 Å². The molecule has 2 heterocycles. The molecule has 6 heteroatoms. The predicted octanol–water partition coefficient (Wildman–Crippen LogP) is 4.34. The Hall–Kier alpha value is -3.38. The fourth-order valence-corrected chi connectivity index (χ4v) is 3.51. The highest BCUT2D eigenvalue weighted by Gasteiger charge is 2.09. The summed E-state index contributed by atoms with van der Waals surface area (Å²) in [5, 5.41) is 8.54. The number of amides is 1. The van der Waals surface area contributed by atoms with E-state index in [4.69, 9.17) is 4.74 Å². The first-order valence-corrected chi connectivity index (χ1v) is 9.58. The normalized spacial score (nSPS) is 11.1. The van der Waals surface area contributed by atoms with Crippen LogP contribution in [0.1, 0.15) is 21.7 Å². The number of anilines is 1. The SMILES string of the molecule is COCCn1ccc2cc(NC(=O)c3ccc(-n4nc(C)cc4C)cc3)ccc21. The molecule has 0 aliphatic carbocycles. The van der Waals surface area contributed by atoms with Crippen LogP contribution in [0.3, 0.4) is 0 Å². The number of ether oxygens (including phenoxy) is 1. The number of nitrogens with zero attached hydrogens (tertiary/aromatic N) is 3. The summed E-state index contributed by atoms with van der Waals surface area (Å²) in [4.78, 5) is 12.7. The van der Waals surface area contributed by atoms with E-state index in [0.717, 1.165) is 40.2 Å². The second-order valence-corrected chi connectivity index (χ2v) is 7.12. The van der Waals surface area contributed by atoms with Crippen molar-refractivity contribution in [3.63, 3.8) is 0 Å².